The SMILES string of the molecule is c1ccc(C2(c3ccccc3)c3ccccc3-c3c(N(c4ccc(-c5cccc(-n6c7ccccc7c7ccccc76)c5)cc4)c4ccc(-c5ccc6oc7ccccc7c6c5)cc4)cccc32)cc1. The van der Waals surface area contributed by atoms with Crippen molar-refractivity contribution in [2.24, 2.45) is 0 Å². The second kappa shape index (κ2) is 16.0. The van der Waals surface area contributed by atoms with Crippen LogP contribution in [-0.2, 0) is 5.41 Å². The third kappa shape index (κ3) is 6.08. The van der Waals surface area contributed by atoms with Crippen LogP contribution >= 0.6 is 0 Å². The number of anilines is 3. The molecule has 0 fully saturated rings. The Hall–Kier alpha value is -9.18. The van der Waals surface area contributed by atoms with Gasteiger partial charge >= 0.3 is 0 Å². The first-order chi connectivity index (χ1) is 34.7. The quantitative estimate of drug-likeness (QED) is 0.152. The Morgan fingerprint density at radius 1 is 0.343 bits per heavy atom. The van der Waals surface area contributed by atoms with Gasteiger partial charge in [-0.15, -0.1) is 0 Å². The average molecular weight is 893 g/mol. The molecule has 0 N–H and O–H groups in total. The number of para-hydroxylation sites is 3. The zero-order valence-corrected chi connectivity index (χ0v) is 38.2. The molecule has 13 aromatic rings. The van der Waals surface area contributed by atoms with Gasteiger partial charge in [0.25, 0.3) is 0 Å². The van der Waals surface area contributed by atoms with Gasteiger partial charge in [-0.05, 0) is 123 Å². The summed E-state index contributed by atoms with van der Waals surface area (Å²) in [6, 6.07) is 97.4. The van der Waals surface area contributed by atoms with Crippen molar-refractivity contribution in [3.63, 3.8) is 0 Å². The van der Waals surface area contributed by atoms with E-state index in [1.807, 2.05) is 12.1 Å². The number of nitrogens with zero attached hydrogens (tertiary/aromatic N) is 2. The van der Waals surface area contributed by atoms with Gasteiger partial charge in [-0.1, -0.05) is 194 Å². The van der Waals surface area contributed by atoms with E-state index in [4.69, 9.17) is 4.42 Å². The standard InChI is InChI=1S/C67H44N2O/c1-3-18-49(19-4-1)67(50-20-5-2-6-21-50)59-27-11-7-26-57(59)66-60(67)28-16-31-63(66)68(52-40-35-46(36-41-52)48-37-42-65-58(44-48)56-25-10-14-32-64(56)70-65)51-38-33-45(34-39-51)47-17-15-22-53(43-47)69-61-29-12-8-23-54(61)55-24-9-13-30-62(55)69/h1-44H. The zero-order chi connectivity index (χ0) is 46.2. The summed E-state index contributed by atoms with van der Waals surface area (Å²) in [6.07, 6.45) is 0. The molecule has 0 unspecified atom stereocenters. The van der Waals surface area contributed by atoms with E-state index < -0.39 is 5.41 Å². The fourth-order valence-corrected chi connectivity index (χ4v) is 11.6. The predicted octanol–water partition coefficient (Wildman–Crippen LogP) is 17.8. The van der Waals surface area contributed by atoms with Crippen LogP contribution in [0, 0.1) is 0 Å². The lowest BCUT2D eigenvalue weighted by atomic mass is 9.68. The molecule has 2 heterocycles. The first-order valence-corrected chi connectivity index (χ1v) is 24.1. The molecule has 0 radical (unpaired) electrons. The molecule has 0 bridgehead atoms. The topological polar surface area (TPSA) is 21.3 Å². The van der Waals surface area contributed by atoms with Gasteiger partial charge in [-0.3, -0.25) is 0 Å². The number of furan rings is 1. The normalized spacial score (nSPS) is 12.7. The van der Waals surface area contributed by atoms with E-state index in [1.165, 1.54) is 55.2 Å². The molecule has 1 aliphatic rings. The third-order valence-electron chi connectivity index (χ3n) is 14.7. The Bertz CT molecular complexity index is 4020. The number of hydrogen-bond donors (Lipinski definition) is 0. The monoisotopic (exact) mass is 892 g/mol. The third-order valence-corrected chi connectivity index (χ3v) is 14.7. The Morgan fingerprint density at radius 2 is 0.857 bits per heavy atom. The van der Waals surface area contributed by atoms with Crippen LogP contribution < -0.4 is 4.90 Å². The van der Waals surface area contributed by atoms with Crippen LogP contribution in [0.15, 0.2) is 271 Å². The van der Waals surface area contributed by atoms with Crippen LogP contribution in [0.2, 0.25) is 0 Å². The summed E-state index contributed by atoms with van der Waals surface area (Å²) < 4.78 is 8.60. The van der Waals surface area contributed by atoms with Crippen LogP contribution in [0.5, 0.6) is 0 Å². The molecule has 0 atom stereocenters. The Balaban J connectivity index is 0.933. The molecule has 14 rings (SSSR count). The highest BCUT2D eigenvalue weighted by Crippen LogP contribution is 2.59. The molecule has 1 aliphatic carbocycles. The van der Waals surface area contributed by atoms with Crippen molar-refractivity contribution in [3.8, 4) is 39.1 Å². The van der Waals surface area contributed by atoms with Gasteiger partial charge in [-0.2, -0.15) is 0 Å². The van der Waals surface area contributed by atoms with Gasteiger partial charge in [0.1, 0.15) is 11.2 Å². The van der Waals surface area contributed by atoms with Crippen LogP contribution in [0.4, 0.5) is 17.1 Å². The van der Waals surface area contributed by atoms with E-state index >= 15 is 0 Å². The molecule has 70 heavy (non-hydrogen) atoms. The second-order valence-electron chi connectivity index (χ2n) is 18.4. The maximum Gasteiger partial charge on any atom is 0.135 e. The van der Waals surface area contributed by atoms with Crippen molar-refractivity contribution in [2.75, 3.05) is 4.90 Å². The lowest BCUT2D eigenvalue weighted by Gasteiger charge is -2.34. The summed E-state index contributed by atoms with van der Waals surface area (Å²) >= 11 is 0. The second-order valence-corrected chi connectivity index (χ2v) is 18.4. The van der Waals surface area contributed by atoms with Crippen molar-refractivity contribution < 1.29 is 4.42 Å². The minimum absolute atomic E-state index is 0.527. The van der Waals surface area contributed by atoms with Gasteiger partial charge in [0.2, 0.25) is 0 Å². The van der Waals surface area contributed by atoms with Gasteiger partial charge in [0.05, 0.1) is 22.1 Å². The molecule has 0 saturated heterocycles. The summed E-state index contributed by atoms with van der Waals surface area (Å²) in [5, 5.41) is 4.77. The molecular formula is C67H44N2O. The fraction of sp³-hybridized carbons (Fsp3) is 0.0149. The van der Waals surface area contributed by atoms with E-state index in [9.17, 15) is 0 Å². The van der Waals surface area contributed by atoms with Crippen LogP contribution in [-0.4, -0.2) is 4.57 Å². The number of hydrogen-bond acceptors (Lipinski definition) is 2. The van der Waals surface area contributed by atoms with Crippen molar-refractivity contribution >= 4 is 60.8 Å². The number of aromatic nitrogens is 1. The van der Waals surface area contributed by atoms with E-state index in [-0.39, 0.29) is 0 Å². The van der Waals surface area contributed by atoms with Gasteiger partial charge in [-0.25, -0.2) is 0 Å². The summed E-state index contributed by atoms with van der Waals surface area (Å²) in [7, 11) is 0. The number of benzene rings is 11. The van der Waals surface area contributed by atoms with Gasteiger partial charge < -0.3 is 13.9 Å². The largest absolute Gasteiger partial charge is 0.456 e. The minimum Gasteiger partial charge on any atom is -0.456 e. The molecule has 3 heteroatoms. The van der Waals surface area contributed by atoms with Crippen LogP contribution in [0.1, 0.15) is 22.3 Å². The molecule has 11 aromatic carbocycles. The Labute approximate surface area is 406 Å². The lowest BCUT2D eigenvalue weighted by Crippen LogP contribution is -2.28. The first-order valence-electron chi connectivity index (χ1n) is 24.1. The molecule has 2 aromatic heterocycles. The van der Waals surface area contributed by atoms with Crippen molar-refractivity contribution in [1.29, 1.82) is 0 Å². The first kappa shape index (κ1) is 39.9. The highest BCUT2D eigenvalue weighted by molar-refractivity contribution is 6.09. The van der Waals surface area contributed by atoms with E-state index in [0.717, 1.165) is 66.9 Å². The number of rotatable bonds is 8. The Kier molecular flexibility index (Phi) is 9.11. The van der Waals surface area contributed by atoms with E-state index in [0.29, 0.717) is 0 Å². The molecule has 3 nitrogen and oxygen atoms in total. The number of fused-ring (bicyclic) bond motifs is 9. The van der Waals surface area contributed by atoms with E-state index in [2.05, 4.69) is 264 Å². The minimum atomic E-state index is -0.527. The van der Waals surface area contributed by atoms with Gasteiger partial charge in [0, 0.05) is 44.2 Å². The smallest absolute Gasteiger partial charge is 0.135 e. The summed E-state index contributed by atoms with van der Waals surface area (Å²) in [4.78, 5) is 2.45. The molecule has 0 amide bonds. The van der Waals surface area contributed by atoms with Crippen molar-refractivity contribution in [1.82, 2.24) is 4.57 Å². The highest BCUT2D eigenvalue weighted by Gasteiger charge is 2.47. The summed E-state index contributed by atoms with van der Waals surface area (Å²) in [6.45, 7) is 0. The summed E-state index contributed by atoms with van der Waals surface area (Å²) in [5.74, 6) is 0. The fourth-order valence-electron chi connectivity index (χ4n) is 11.6. The average Bonchev–Trinajstić information content (AvgIpc) is 4.09. The lowest BCUT2D eigenvalue weighted by molar-refractivity contribution is 0.669. The maximum atomic E-state index is 6.21. The van der Waals surface area contributed by atoms with Crippen molar-refractivity contribution in [3.05, 3.63) is 289 Å². The zero-order valence-electron chi connectivity index (χ0n) is 38.2. The molecular weight excluding hydrogens is 849 g/mol. The molecule has 0 spiro atoms. The van der Waals surface area contributed by atoms with Gasteiger partial charge in [0.15, 0.2) is 0 Å². The molecule has 0 saturated carbocycles. The van der Waals surface area contributed by atoms with Crippen LogP contribution in [0.3, 0.4) is 0 Å². The Morgan fingerprint density at radius 3 is 1.53 bits per heavy atom. The highest BCUT2D eigenvalue weighted by atomic mass is 16.3. The summed E-state index contributed by atoms with van der Waals surface area (Å²) in [5.41, 5.74) is 20.2. The maximum absolute atomic E-state index is 6.21. The van der Waals surface area contributed by atoms with Crippen LogP contribution in [0.25, 0.3) is 82.8 Å². The molecule has 328 valence electrons. The van der Waals surface area contributed by atoms with Crippen molar-refractivity contribution in [2.45, 2.75) is 5.41 Å². The predicted molar refractivity (Wildman–Crippen MR) is 291 cm³/mol. The molecule has 0 aliphatic heterocycles. The van der Waals surface area contributed by atoms with E-state index in [1.54, 1.807) is 0 Å².